The van der Waals surface area contributed by atoms with Gasteiger partial charge in [0.15, 0.2) is 0 Å². The van der Waals surface area contributed by atoms with Crippen molar-refractivity contribution < 1.29 is 5.11 Å². The Kier molecular flexibility index (Phi) is 3.44. The Bertz CT molecular complexity index is 737. The first-order valence-electron chi connectivity index (χ1n) is 6.28. The smallest absolute Gasteiger partial charge is 0.141 e. The van der Waals surface area contributed by atoms with Crippen LogP contribution in [-0.2, 0) is 6.54 Å². The van der Waals surface area contributed by atoms with E-state index in [9.17, 15) is 5.11 Å². The minimum atomic E-state index is 0.284. The molecule has 100 valence electrons. The molecule has 0 amide bonds. The number of hydrogen-bond acceptors (Lipinski definition) is 2. The Morgan fingerprint density at radius 1 is 1.05 bits per heavy atom. The summed E-state index contributed by atoms with van der Waals surface area (Å²) in [4.78, 5) is 4.37. The number of benzene rings is 2. The van der Waals surface area contributed by atoms with E-state index >= 15 is 0 Å². The second kappa shape index (κ2) is 5.39. The molecule has 4 heteroatoms. The van der Waals surface area contributed by atoms with Gasteiger partial charge in [0, 0.05) is 23.5 Å². The minimum absolute atomic E-state index is 0.284. The molecule has 2 aromatic carbocycles. The van der Waals surface area contributed by atoms with Crippen molar-refractivity contribution in [3.05, 3.63) is 71.5 Å². The number of phenolic OH excluding ortho intramolecular Hbond substituents is 1. The van der Waals surface area contributed by atoms with Crippen molar-refractivity contribution in [1.82, 2.24) is 9.55 Å². The van der Waals surface area contributed by atoms with Crippen LogP contribution in [0.4, 0.5) is 0 Å². The second-order valence-electron chi connectivity index (χ2n) is 4.49. The second-order valence-corrected chi connectivity index (χ2v) is 4.89. The lowest BCUT2D eigenvalue weighted by Crippen LogP contribution is -2.01. The molecule has 0 aliphatic rings. The van der Waals surface area contributed by atoms with Crippen molar-refractivity contribution >= 4 is 11.6 Å². The van der Waals surface area contributed by atoms with E-state index in [0.29, 0.717) is 11.6 Å². The van der Waals surface area contributed by atoms with E-state index in [1.54, 1.807) is 12.3 Å². The molecule has 0 aliphatic heterocycles. The minimum Gasteiger partial charge on any atom is -0.508 e. The number of halogens is 1. The summed E-state index contributed by atoms with van der Waals surface area (Å²) >= 11 is 6.22. The van der Waals surface area contributed by atoms with E-state index < -0.39 is 0 Å². The normalized spacial score (nSPS) is 10.7. The summed E-state index contributed by atoms with van der Waals surface area (Å²) in [6.07, 6.45) is 3.61. The highest BCUT2D eigenvalue weighted by Crippen LogP contribution is 2.27. The molecule has 1 N–H and O–H groups in total. The summed E-state index contributed by atoms with van der Waals surface area (Å²) in [5, 5.41) is 10.5. The molecule has 0 unspecified atom stereocenters. The fourth-order valence-electron chi connectivity index (χ4n) is 2.15. The topological polar surface area (TPSA) is 38.0 Å². The van der Waals surface area contributed by atoms with Gasteiger partial charge in [-0.15, -0.1) is 0 Å². The Labute approximate surface area is 122 Å². The van der Waals surface area contributed by atoms with Gasteiger partial charge in [-0.1, -0.05) is 41.9 Å². The number of nitrogens with zero attached hydrogens (tertiary/aromatic N) is 2. The van der Waals surface area contributed by atoms with Crippen LogP contribution in [0.2, 0.25) is 5.02 Å². The van der Waals surface area contributed by atoms with Crippen molar-refractivity contribution in [3.8, 4) is 17.1 Å². The first kappa shape index (κ1) is 12.8. The van der Waals surface area contributed by atoms with Crippen LogP contribution in [0.3, 0.4) is 0 Å². The lowest BCUT2D eigenvalue weighted by Gasteiger charge is -2.10. The molecule has 3 rings (SSSR count). The van der Waals surface area contributed by atoms with E-state index in [1.807, 2.05) is 53.2 Å². The quantitative estimate of drug-likeness (QED) is 0.790. The van der Waals surface area contributed by atoms with Gasteiger partial charge in [0.05, 0.1) is 11.6 Å². The molecule has 3 nitrogen and oxygen atoms in total. The average Bonchev–Trinajstić information content (AvgIpc) is 2.90. The van der Waals surface area contributed by atoms with Crippen LogP contribution in [0.1, 0.15) is 5.56 Å². The maximum absolute atomic E-state index is 9.87. The van der Waals surface area contributed by atoms with Gasteiger partial charge in [-0.3, -0.25) is 0 Å². The van der Waals surface area contributed by atoms with Crippen molar-refractivity contribution in [2.45, 2.75) is 6.54 Å². The monoisotopic (exact) mass is 284 g/mol. The van der Waals surface area contributed by atoms with Gasteiger partial charge >= 0.3 is 0 Å². The Morgan fingerprint density at radius 3 is 2.60 bits per heavy atom. The van der Waals surface area contributed by atoms with Crippen LogP contribution in [0.5, 0.6) is 5.75 Å². The van der Waals surface area contributed by atoms with Crippen molar-refractivity contribution in [3.63, 3.8) is 0 Å². The fourth-order valence-corrected chi connectivity index (χ4v) is 2.37. The van der Waals surface area contributed by atoms with Gasteiger partial charge in [0.2, 0.25) is 0 Å². The highest BCUT2D eigenvalue weighted by Gasteiger charge is 2.10. The van der Waals surface area contributed by atoms with E-state index in [-0.39, 0.29) is 5.75 Å². The zero-order valence-electron chi connectivity index (χ0n) is 10.7. The zero-order valence-corrected chi connectivity index (χ0v) is 11.5. The number of hydrogen-bond donors (Lipinski definition) is 1. The van der Waals surface area contributed by atoms with Crippen LogP contribution in [0.25, 0.3) is 11.4 Å². The van der Waals surface area contributed by atoms with Crippen molar-refractivity contribution in [2.24, 2.45) is 0 Å². The predicted octanol–water partition coefficient (Wildman–Crippen LogP) is 3.96. The molecule has 0 bridgehead atoms. The third kappa shape index (κ3) is 2.40. The Hall–Kier alpha value is -2.26. The molecule has 0 aliphatic carbocycles. The molecule has 1 heterocycles. The maximum Gasteiger partial charge on any atom is 0.141 e. The molecular weight excluding hydrogens is 272 g/mol. The Balaban J connectivity index is 2.00. The molecule has 1 aromatic heterocycles. The van der Waals surface area contributed by atoms with Gasteiger partial charge < -0.3 is 9.67 Å². The Morgan fingerprint density at radius 2 is 1.80 bits per heavy atom. The van der Waals surface area contributed by atoms with E-state index in [1.165, 1.54) is 0 Å². The maximum atomic E-state index is 9.87. The number of aromatic hydroxyl groups is 1. The van der Waals surface area contributed by atoms with Crippen LogP contribution in [0.15, 0.2) is 60.9 Å². The fraction of sp³-hybridized carbons (Fsp3) is 0.0625. The molecule has 0 saturated carbocycles. The summed E-state index contributed by atoms with van der Waals surface area (Å²) < 4.78 is 1.97. The number of rotatable bonds is 3. The van der Waals surface area contributed by atoms with Crippen LogP contribution >= 0.6 is 11.6 Å². The van der Waals surface area contributed by atoms with Gasteiger partial charge in [0.25, 0.3) is 0 Å². The largest absolute Gasteiger partial charge is 0.508 e. The predicted molar refractivity (Wildman–Crippen MR) is 79.9 cm³/mol. The highest BCUT2D eigenvalue weighted by molar-refractivity contribution is 6.33. The first-order valence-corrected chi connectivity index (χ1v) is 6.66. The first-order chi connectivity index (χ1) is 9.75. The van der Waals surface area contributed by atoms with Gasteiger partial charge in [-0.05, 0) is 18.2 Å². The molecule has 20 heavy (non-hydrogen) atoms. The molecule has 0 saturated heterocycles. The van der Waals surface area contributed by atoms with Gasteiger partial charge in [-0.2, -0.15) is 0 Å². The lowest BCUT2D eigenvalue weighted by molar-refractivity contribution is 0.466. The van der Waals surface area contributed by atoms with Crippen molar-refractivity contribution in [1.29, 1.82) is 0 Å². The van der Waals surface area contributed by atoms with Crippen LogP contribution in [0, 0.1) is 0 Å². The average molecular weight is 285 g/mol. The zero-order chi connectivity index (χ0) is 13.9. The van der Waals surface area contributed by atoms with Gasteiger partial charge in [-0.25, -0.2) is 4.98 Å². The number of imidazole rings is 1. The molecule has 0 radical (unpaired) electrons. The summed E-state index contributed by atoms with van der Waals surface area (Å²) in [5.74, 6) is 1.07. The summed E-state index contributed by atoms with van der Waals surface area (Å²) in [6, 6.07) is 14.9. The molecule has 3 aromatic rings. The molecule has 0 atom stereocenters. The van der Waals surface area contributed by atoms with Gasteiger partial charge in [0.1, 0.15) is 11.6 Å². The SMILES string of the molecule is Oc1ccccc1Cn1ccnc1-c1ccccc1Cl. The summed E-state index contributed by atoms with van der Waals surface area (Å²) in [5.41, 5.74) is 1.73. The molecule has 0 spiro atoms. The third-order valence-electron chi connectivity index (χ3n) is 3.16. The van der Waals surface area contributed by atoms with Crippen LogP contribution in [-0.4, -0.2) is 14.7 Å². The summed E-state index contributed by atoms with van der Waals surface area (Å²) in [7, 11) is 0. The summed E-state index contributed by atoms with van der Waals surface area (Å²) in [6.45, 7) is 0.549. The molecular formula is C16H13ClN2O. The number of phenols is 1. The number of aromatic nitrogens is 2. The van der Waals surface area contributed by atoms with Crippen LogP contribution < -0.4 is 0 Å². The van der Waals surface area contributed by atoms with E-state index in [4.69, 9.17) is 11.6 Å². The highest BCUT2D eigenvalue weighted by atomic mass is 35.5. The molecule has 0 fully saturated rings. The third-order valence-corrected chi connectivity index (χ3v) is 3.49. The van der Waals surface area contributed by atoms with E-state index in [0.717, 1.165) is 17.0 Å². The van der Waals surface area contributed by atoms with E-state index in [2.05, 4.69) is 4.98 Å². The van der Waals surface area contributed by atoms with Crippen molar-refractivity contribution in [2.75, 3.05) is 0 Å². The lowest BCUT2D eigenvalue weighted by atomic mass is 10.2. The number of para-hydroxylation sites is 1. The standard InChI is InChI=1S/C16H13ClN2O/c17-14-7-3-2-6-13(14)16-18-9-10-19(16)11-12-5-1-4-8-15(12)20/h1-10,20H,11H2.